The van der Waals surface area contributed by atoms with Crippen LogP contribution in [0.2, 0.25) is 5.02 Å². The summed E-state index contributed by atoms with van der Waals surface area (Å²) in [6.07, 6.45) is 2.31. The second-order valence-electron chi connectivity index (χ2n) is 9.47. The molecule has 39 heavy (non-hydrogen) atoms. The predicted molar refractivity (Wildman–Crippen MR) is 139 cm³/mol. The quantitative estimate of drug-likeness (QED) is 0.331. The van der Waals surface area contributed by atoms with Crippen molar-refractivity contribution in [1.82, 2.24) is 24.4 Å². The summed E-state index contributed by atoms with van der Waals surface area (Å²) in [6, 6.07) is 8.63. The van der Waals surface area contributed by atoms with Crippen molar-refractivity contribution in [3.05, 3.63) is 81.4 Å². The van der Waals surface area contributed by atoms with E-state index in [0.717, 1.165) is 6.20 Å². The molecule has 3 aromatic heterocycles. The van der Waals surface area contributed by atoms with Crippen molar-refractivity contribution < 1.29 is 22.7 Å². The molecule has 204 valence electrons. The Hall–Kier alpha value is -3.86. The Morgan fingerprint density at radius 1 is 1.18 bits per heavy atom. The van der Waals surface area contributed by atoms with Crippen LogP contribution in [0, 0.1) is 11.7 Å². The van der Waals surface area contributed by atoms with Gasteiger partial charge in [-0.2, -0.15) is 0 Å². The molecule has 4 aromatic rings. The number of hydrogen-bond donors (Lipinski definition) is 1. The molecule has 1 aliphatic carbocycles. The van der Waals surface area contributed by atoms with Crippen LogP contribution in [0.5, 0.6) is 5.75 Å². The standard InChI is InChI=1S/C27H25ClF3N5O3/c1-39-18-8-9-20(29)22(12-18)36-25-21(3-2-10-32-25)35(27(36)38)14-15-4-6-17(7-5-15)34-26(37)19-11-16(28)13-33-23(19)24(30)31/h2-3,8-13,15,17,24H,4-7,14H2,1H3,(H,34,37)/t15-,17-. The lowest BCUT2D eigenvalue weighted by molar-refractivity contribution is 0.0904. The summed E-state index contributed by atoms with van der Waals surface area (Å²) < 4.78 is 49.5. The molecule has 1 fully saturated rings. The molecule has 12 heteroatoms. The van der Waals surface area contributed by atoms with Crippen LogP contribution >= 0.6 is 11.6 Å². The summed E-state index contributed by atoms with van der Waals surface area (Å²) in [5.74, 6) is -0.711. The minimum absolute atomic E-state index is 0.0480. The second kappa shape index (κ2) is 11.1. The first kappa shape index (κ1) is 26.7. The highest BCUT2D eigenvalue weighted by atomic mass is 35.5. The number of imidazole rings is 1. The molecule has 0 atom stereocenters. The first-order valence-electron chi connectivity index (χ1n) is 12.4. The van der Waals surface area contributed by atoms with Crippen LogP contribution in [-0.2, 0) is 6.54 Å². The van der Waals surface area contributed by atoms with Crippen molar-refractivity contribution in [2.45, 2.75) is 44.7 Å². The minimum atomic E-state index is -2.90. The third-order valence-electron chi connectivity index (χ3n) is 7.04. The summed E-state index contributed by atoms with van der Waals surface area (Å²) in [7, 11) is 1.46. The molecule has 1 N–H and O–H groups in total. The van der Waals surface area contributed by atoms with Gasteiger partial charge >= 0.3 is 5.69 Å². The number of benzene rings is 1. The van der Waals surface area contributed by atoms with Gasteiger partial charge in [0.2, 0.25) is 0 Å². The van der Waals surface area contributed by atoms with Crippen LogP contribution < -0.4 is 15.7 Å². The van der Waals surface area contributed by atoms with E-state index in [1.54, 1.807) is 22.9 Å². The highest BCUT2D eigenvalue weighted by Crippen LogP contribution is 2.29. The van der Waals surface area contributed by atoms with Gasteiger partial charge < -0.3 is 10.1 Å². The molecule has 0 saturated heterocycles. The Bertz CT molecular complexity index is 1580. The highest BCUT2D eigenvalue weighted by Gasteiger charge is 2.28. The maximum atomic E-state index is 14.8. The second-order valence-corrected chi connectivity index (χ2v) is 9.91. The summed E-state index contributed by atoms with van der Waals surface area (Å²) in [5.41, 5.74) is -0.307. The minimum Gasteiger partial charge on any atom is -0.497 e. The predicted octanol–water partition coefficient (Wildman–Crippen LogP) is 5.31. The molecule has 0 bridgehead atoms. The Balaban J connectivity index is 1.33. The molecule has 3 heterocycles. The van der Waals surface area contributed by atoms with E-state index in [2.05, 4.69) is 15.3 Å². The molecule has 1 amide bonds. The van der Waals surface area contributed by atoms with E-state index >= 15 is 0 Å². The third kappa shape index (κ3) is 5.36. The van der Waals surface area contributed by atoms with Gasteiger partial charge in [-0.1, -0.05) is 11.6 Å². The normalized spacial score (nSPS) is 17.5. The Morgan fingerprint density at radius 3 is 2.67 bits per heavy atom. The van der Waals surface area contributed by atoms with Crippen molar-refractivity contribution >= 4 is 28.7 Å². The van der Waals surface area contributed by atoms with E-state index in [0.29, 0.717) is 49.1 Å². The molecule has 1 aromatic carbocycles. The summed E-state index contributed by atoms with van der Waals surface area (Å²) in [4.78, 5) is 34.2. The van der Waals surface area contributed by atoms with Crippen LogP contribution in [0.25, 0.3) is 16.9 Å². The molecular weight excluding hydrogens is 535 g/mol. The Kier molecular flexibility index (Phi) is 7.60. The fourth-order valence-electron chi connectivity index (χ4n) is 5.09. The van der Waals surface area contributed by atoms with E-state index in [9.17, 15) is 22.8 Å². The maximum absolute atomic E-state index is 14.8. The average Bonchev–Trinajstić information content (AvgIpc) is 3.20. The zero-order valence-corrected chi connectivity index (χ0v) is 21.7. The van der Waals surface area contributed by atoms with Gasteiger partial charge in [-0.25, -0.2) is 27.5 Å². The maximum Gasteiger partial charge on any atom is 0.335 e. The van der Waals surface area contributed by atoms with E-state index < -0.39 is 29.5 Å². The van der Waals surface area contributed by atoms with Gasteiger partial charge in [-0.15, -0.1) is 0 Å². The largest absolute Gasteiger partial charge is 0.497 e. The smallest absolute Gasteiger partial charge is 0.335 e. The van der Waals surface area contributed by atoms with Crippen LogP contribution in [0.3, 0.4) is 0 Å². The van der Waals surface area contributed by atoms with Gasteiger partial charge in [0, 0.05) is 31.0 Å². The summed E-state index contributed by atoms with van der Waals surface area (Å²) in [6.45, 7) is 0.383. The van der Waals surface area contributed by atoms with Gasteiger partial charge in [0.25, 0.3) is 12.3 Å². The third-order valence-corrected chi connectivity index (χ3v) is 7.25. The number of halogens is 4. The molecule has 0 spiro atoms. The van der Waals surface area contributed by atoms with E-state index in [4.69, 9.17) is 16.3 Å². The average molecular weight is 560 g/mol. The number of methoxy groups -OCH3 is 1. The van der Waals surface area contributed by atoms with Gasteiger partial charge in [-0.05, 0) is 61.9 Å². The zero-order valence-electron chi connectivity index (χ0n) is 20.9. The van der Waals surface area contributed by atoms with Crippen LogP contribution in [-0.4, -0.2) is 38.2 Å². The zero-order chi connectivity index (χ0) is 27.7. The first-order valence-corrected chi connectivity index (χ1v) is 12.8. The van der Waals surface area contributed by atoms with Crippen LogP contribution in [0.15, 0.2) is 53.6 Å². The van der Waals surface area contributed by atoms with Crippen molar-refractivity contribution in [2.24, 2.45) is 5.92 Å². The highest BCUT2D eigenvalue weighted by molar-refractivity contribution is 6.30. The SMILES string of the molecule is COc1ccc(F)c(-n2c(=O)n(C[C@H]3CC[C@H](NC(=O)c4cc(Cl)cnc4C(F)F)CC3)c3cccnc32)c1. The number of hydrogen-bond acceptors (Lipinski definition) is 5. The number of nitrogens with zero attached hydrogens (tertiary/aromatic N) is 4. The lowest BCUT2D eigenvalue weighted by Gasteiger charge is -2.29. The molecule has 0 aliphatic heterocycles. The number of fused-ring (bicyclic) bond motifs is 1. The molecule has 1 saturated carbocycles. The number of pyridine rings is 2. The van der Waals surface area contributed by atoms with E-state index in [1.165, 1.54) is 35.9 Å². The van der Waals surface area contributed by atoms with Gasteiger partial charge in [0.1, 0.15) is 17.3 Å². The van der Waals surface area contributed by atoms with E-state index in [-0.39, 0.29) is 28.2 Å². The number of amides is 1. The van der Waals surface area contributed by atoms with Gasteiger partial charge in [0.05, 0.1) is 28.9 Å². The van der Waals surface area contributed by atoms with Gasteiger partial charge in [0.15, 0.2) is 5.65 Å². The number of rotatable bonds is 7. The van der Waals surface area contributed by atoms with Gasteiger partial charge in [-0.3, -0.25) is 14.3 Å². The number of carbonyl (C=O) groups excluding carboxylic acids is 1. The monoisotopic (exact) mass is 559 g/mol. The Labute approximate surface area is 226 Å². The molecule has 8 nitrogen and oxygen atoms in total. The van der Waals surface area contributed by atoms with Crippen LogP contribution in [0.4, 0.5) is 13.2 Å². The van der Waals surface area contributed by atoms with Crippen molar-refractivity contribution in [1.29, 1.82) is 0 Å². The molecule has 0 radical (unpaired) electrons. The summed E-state index contributed by atoms with van der Waals surface area (Å²) in [5, 5.41) is 2.92. The summed E-state index contributed by atoms with van der Waals surface area (Å²) >= 11 is 5.87. The fourth-order valence-corrected chi connectivity index (χ4v) is 5.24. The molecule has 5 rings (SSSR count). The van der Waals surface area contributed by atoms with Crippen molar-refractivity contribution in [3.63, 3.8) is 0 Å². The van der Waals surface area contributed by atoms with E-state index in [1.807, 2.05) is 0 Å². The topological polar surface area (TPSA) is 91.0 Å². The van der Waals surface area contributed by atoms with Crippen molar-refractivity contribution in [2.75, 3.05) is 7.11 Å². The van der Waals surface area contributed by atoms with Crippen molar-refractivity contribution in [3.8, 4) is 11.4 Å². The lowest BCUT2D eigenvalue weighted by Crippen LogP contribution is -2.39. The number of carbonyl (C=O) groups is 1. The number of alkyl halides is 2. The number of aromatic nitrogens is 4. The molecule has 1 aliphatic rings. The lowest BCUT2D eigenvalue weighted by atomic mass is 9.85. The van der Waals surface area contributed by atoms with Crippen LogP contribution in [0.1, 0.15) is 48.2 Å². The number of ether oxygens (including phenoxy) is 1. The molecular formula is C27H25ClF3N5O3. The molecule has 0 unspecified atom stereocenters. The fraction of sp³-hybridized carbons (Fsp3) is 0.333. The Morgan fingerprint density at radius 2 is 1.95 bits per heavy atom. The first-order chi connectivity index (χ1) is 18.8. The number of nitrogens with one attached hydrogen (secondary N) is 1.